The van der Waals surface area contributed by atoms with Gasteiger partial charge in [0.25, 0.3) is 0 Å². The molecule has 0 bridgehead atoms. The Bertz CT molecular complexity index is 356. The molecule has 96 valence electrons. The second-order valence-corrected chi connectivity index (χ2v) is 5.27. The maximum absolute atomic E-state index is 5.88. The van der Waals surface area contributed by atoms with Gasteiger partial charge in [0.05, 0.1) is 18.1 Å². The highest BCUT2D eigenvalue weighted by atomic mass is 35.5. The minimum atomic E-state index is -0.121. The lowest BCUT2D eigenvalue weighted by Crippen LogP contribution is -2.22. The molecule has 0 unspecified atom stereocenters. The lowest BCUT2D eigenvalue weighted by Gasteiger charge is -2.20. The second kappa shape index (κ2) is 6.27. The third-order valence-corrected chi connectivity index (χ3v) is 2.59. The molecule has 1 aromatic rings. The minimum Gasteiger partial charge on any atom is -0.491 e. The molecule has 0 spiro atoms. The summed E-state index contributed by atoms with van der Waals surface area (Å²) in [6.07, 6.45) is 0. The van der Waals surface area contributed by atoms with E-state index >= 15 is 0 Å². The Morgan fingerprint density at radius 3 is 2.47 bits per heavy atom. The Hall–Kier alpha value is -0.730. The fourth-order valence-electron chi connectivity index (χ4n) is 1.52. The van der Waals surface area contributed by atoms with Crippen molar-refractivity contribution in [1.82, 2.24) is 0 Å². The van der Waals surface area contributed by atoms with Gasteiger partial charge in [0.2, 0.25) is 0 Å². The summed E-state index contributed by atoms with van der Waals surface area (Å²) in [6.45, 7) is 9.25. The first-order valence-electron chi connectivity index (χ1n) is 5.85. The molecule has 0 heterocycles. The van der Waals surface area contributed by atoms with Crippen molar-refractivity contribution in [1.29, 1.82) is 0 Å². The van der Waals surface area contributed by atoms with Gasteiger partial charge in [-0.3, -0.25) is 0 Å². The number of benzene rings is 1. The summed E-state index contributed by atoms with van der Waals surface area (Å²) in [4.78, 5) is 0. The molecule has 1 aromatic carbocycles. The van der Waals surface area contributed by atoms with Crippen LogP contribution in [0.1, 0.15) is 31.9 Å². The molecule has 0 aliphatic carbocycles. The van der Waals surface area contributed by atoms with Crippen LogP contribution in [0.25, 0.3) is 0 Å². The molecule has 0 aliphatic rings. The Morgan fingerprint density at radius 1 is 1.18 bits per heavy atom. The Morgan fingerprint density at radius 2 is 1.88 bits per heavy atom. The van der Waals surface area contributed by atoms with E-state index in [1.165, 1.54) is 0 Å². The molecular formula is C14H21ClO2. The fraction of sp³-hybridized carbons (Fsp3) is 0.571. The molecule has 0 amide bonds. The first kappa shape index (κ1) is 14.3. The van der Waals surface area contributed by atoms with E-state index in [1.54, 1.807) is 0 Å². The molecule has 0 radical (unpaired) electrons. The highest BCUT2D eigenvalue weighted by Gasteiger charge is 2.10. The van der Waals surface area contributed by atoms with Gasteiger partial charge in [-0.15, -0.1) is 11.6 Å². The van der Waals surface area contributed by atoms with Gasteiger partial charge in [0.1, 0.15) is 12.4 Å². The summed E-state index contributed by atoms with van der Waals surface area (Å²) in [5.41, 5.74) is 2.02. The number of para-hydroxylation sites is 1. The topological polar surface area (TPSA) is 18.5 Å². The van der Waals surface area contributed by atoms with E-state index < -0.39 is 0 Å². The van der Waals surface area contributed by atoms with Crippen LogP contribution in [-0.2, 0) is 10.6 Å². The Labute approximate surface area is 109 Å². The van der Waals surface area contributed by atoms with Gasteiger partial charge < -0.3 is 9.47 Å². The SMILES string of the molecule is Cc1cccc(CCl)c1OCCOC(C)(C)C. The first-order chi connectivity index (χ1) is 7.94. The number of hydrogen-bond acceptors (Lipinski definition) is 2. The van der Waals surface area contributed by atoms with Crippen LogP contribution in [0, 0.1) is 6.92 Å². The zero-order chi connectivity index (χ0) is 12.9. The monoisotopic (exact) mass is 256 g/mol. The van der Waals surface area contributed by atoms with Gasteiger partial charge >= 0.3 is 0 Å². The molecule has 0 aliphatic heterocycles. The Balaban J connectivity index is 2.52. The second-order valence-electron chi connectivity index (χ2n) is 5.01. The van der Waals surface area contributed by atoms with E-state index in [0.717, 1.165) is 16.9 Å². The molecule has 17 heavy (non-hydrogen) atoms. The smallest absolute Gasteiger partial charge is 0.126 e. The zero-order valence-electron chi connectivity index (χ0n) is 11.0. The van der Waals surface area contributed by atoms with Crippen LogP contribution < -0.4 is 4.74 Å². The van der Waals surface area contributed by atoms with Crippen LogP contribution in [0.2, 0.25) is 0 Å². The van der Waals surface area contributed by atoms with Crippen LogP contribution in [0.3, 0.4) is 0 Å². The number of halogens is 1. The van der Waals surface area contributed by atoms with E-state index in [4.69, 9.17) is 21.1 Å². The number of rotatable bonds is 5. The molecule has 0 saturated heterocycles. The fourth-order valence-corrected chi connectivity index (χ4v) is 1.73. The molecule has 0 fully saturated rings. The van der Waals surface area contributed by atoms with Crippen LogP contribution in [-0.4, -0.2) is 18.8 Å². The maximum Gasteiger partial charge on any atom is 0.126 e. The third kappa shape index (κ3) is 4.97. The molecule has 0 aromatic heterocycles. The summed E-state index contributed by atoms with van der Waals surface area (Å²) in [6, 6.07) is 6.00. The highest BCUT2D eigenvalue weighted by Crippen LogP contribution is 2.24. The zero-order valence-corrected chi connectivity index (χ0v) is 11.8. The van der Waals surface area contributed by atoms with Gasteiger partial charge in [-0.2, -0.15) is 0 Å². The van der Waals surface area contributed by atoms with Crippen LogP contribution in [0.15, 0.2) is 18.2 Å². The third-order valence-electron chi connectivity index (χ3n) is 2.30. The van der Waals surface area contributed by atoms with Crippen molar-refractivity contribution in [2.24, 2.45) is 0 Å². The van der Waals surface area contributed by atoms with Gasteiger partial charge in [0, 0.05) is 5.56 Å². The normalized spacial score (nSPS) is 11.6. The van der Waals surface area contributed by atoms with Crippen molar-refractivity contribution in [2.75, 3.05) is 13.2 Å². The Kier molecular flexibility index (Phi) is 5.29. The van der Waals surface area contributed by atoms with Crippen molar-refractivity contribution < 1.29 is 9.47 Å². The van der Waals surface area contributed by atoms with E-state index in [-0.39, 0.29) is 5.60 Å². The average Bonchev–Trinajstić information content (AvgIpc) is 2.24. The number of ether oxygens (including phenoxy) is 2. The number of hydrogen-bond donors (Lipinski definition) is 0. The summed E-state index contributed by atoms with van der Waals surface area (Å²) < 4.78 is 11.4. The maximum atomic E-state index is 5.88. The predicted molar refractivity (Wildman–Crippen MR) is 71.9 cm³/mol. The summed E-state index contributed by atoms with van der Waals surface area (Å²) >= 11 is 5.88. The van der Waals surface area contributed by atoms with Gasteiger partial charge in [0.15, 0.2) is 0 Å². The van der Waals surface area contributed by atoms with Crippen molar-refractivity contribution >= 4 is 11.6 Å². The molecule has 0 saturated carbocycles. The summed E-state index contributed by atoms with van der Waals surface area (Å²) in [5, 5.41) is 0. The van der Waals surface area contributed by atoms with E-state index in [9.17, 15) is 0 Å². The van der Waals surface area contributed by atoms with Crippen LogP contribution in [0.4, 0.5) is 0 Å². The molecular weight excluding hydrogens is 236 g/mol. The van der Waals surface area contributed by atoms with Gasteiger partial charge in [-0.1, -0.05) is 18.2 Å². The molecule has 2 nitrogen and oxygen atoms in total. The standard InChI is InChI=1S/C14H21ClO2/c1-11-6-5-7-12(10-15)13(11)16-8-9-17-14(2,3)4/h5-7H,8-10H2,1-4H3. The van der Waals surface area contributed by atoms with Crippen molar-refractivity contribution in [3.8, 4) is 5.75 Å². The lowest BCUT2D eigenvalue weighted by molar-refractivity contribution is -0.0164. The summed E-state index contributed by atoms with van der Waals surface area (Å²) in [7, 11) is 0. The molecule has 1 rings (SSSR count). The number of aryl methyl sites for hydroxylation is 1. The number of alkyl halides is 1. The molecule has 3 heteroatoms. The van der Waals surface area contributed by atoms with Crippen molar-refractivity contribution in [3.05, 3.63) is 29.3 Å². The predicted octanol–water partition coefficient (Wildman–Crippen LogP) is 3.93. The van der Waals surface area contributed by atoms with Crippen molar-refractivity contribution in [2.45, 2.75) is 39.2 Å². The molecule has 0 atom stereocenters. The van der Waals surface area contributed by atoms with Crippen molar-refractivity contribution in [3.63, 3.8) is 0 Å². The minimum absolute atomic E-state index is 0.121. The average molecular weight is 257 g/mol. The highest BCUT2D eigenvalue weighted by molar-refractivity contribution is 6.17. The van der Waals surface area contributed by atoms with Gasteiger partial charge in [-0.05, 0) is 33.3 Å². The molecule has 0 N–H and O–H groups in total. The lowest BCUT2D eigenvalue weighted by atomic mass is 10.1. The van der Waals surface area contributed by atoms with Gasteiger partial charge in [-0.25, -0.2) is 0 Å². The van der Waals surface area contributed by atoms with Crippen LogP contribution in [0.5, 0.6) is 5.75 Å². The quantitative estimate of drug-likeness (QED) is 0.587. The van der Waals surface area contributed by atoms with E-state index in [0.29, 0.717) is 19.1 Å². The van der Waals surface area contributed by atoms with E-state index in [1.807, 2.05) is 45.9 Å². The largest absolute Gasteiger partial charge is 0.491 e. The first-order valence-corrected chi connectivity index (χ1v) is 6.38. The van der Waals surface area contributed by atoms with E-state index in [2.05, 4.69) is 0 Å². The van der Waals surface area contributed by atoms with Crippen LogP contribution >= 0.6 is 11.6 Å². The summed E-state index contributed by atoms with van der Waals surface area (Å²) in [5.74, 6) is 1.36.